The molecule has 3 nitrogen and oxygen atoms in total. The maximum atomic E-state index is 13.0. The van der Waals surface area contributed by atoms with Gasteiger partial charge in [0.1, 0.15) is 5.82 Å². The average Bonchev–Trinajstić information content (AvgIpc) is 3.01. The van der Waals surface area contributed by atoms with Crippen LogP contribution >= 0.6 is 12.4 Å². The molecule has 0 radical (unpaired) electrons. The molecule has 0 aliphatic heterocycles. The van der Waals surface area contributed by atoms with E-state index in [1.54, 1.807) is 12.1 Å². The molecular weight excluding hydrogens is 325 g/mol. The van der Waals surface area contributed by atoms with E-state index >= 15 is 0 Å². The molecule has 0 aliphatic rings. The van der Waals surface area contributed by atoms with Crippen LogP contribution < -0.4 is 5.32 Å². The Balaban J connectivity index is 0.00000169. The van der Waals surface area contributed by atoms with Gasteiger partial charge in [0.2, 0.25) is 0 Å². The molecule has 0 spiro atoms. The number of H-pyrrole nitrogens is 1. The minimum absolute atomic E-state index is 0. The van der Waals surface area contributed by atoms with Crippen LogP contribution in [0.25, 0.3) is 22.2 Å². The number of benzene rings is 3. The Labute approximate surface area is 144 Å². The minimum Gasteiger partial charge on any atom is -0.355 e. The van der Waals surface area contributed by atoms with Gasteiger partial charge in [0, 0.05) is 22.3 Å². The van der Waals surface area contributed by atoms with Crippen molar-refractivity contribution in [3.8, 4) is 11.3 Å². The Morgan fingerprint density at radius 1 is 0.833 bits per heavy atom. The van der Waals surface area contributed by atoms with Crippen LogP contribution in [0.4, 0.5) is 15.8 Å². The van der Waals surface area contributed by atoms with Crippen LogP contribution in [0.5, 0.6) is 0 Å². The summed E-state index contributed by atoms with van der Waals surface area (Å²) < 4.78 is 13.0. The van der Waals surface area contributed by atoms with E-state index in [-0.39, 0.29) is 18.2 Å². The van der Waals surface area contributed by atoms with Crippen LogP contribution in [0, 0.1) is 5.82 Å². The molecule has 0 atom stereocenters. The number of nitrogens with one attached hydrogen (secondary N) is 2. The van der Waals surface area contributed by atoms with Gasteiger partial charge in [0.25, 0.3) is 0 Å². The van der Waals surface area contributed by atoms with Crippen molar-refractivity contribution in [1.82, 2.24) is 10.2 Å². The first-order chi connectivity index (χ1) is 11.3. The predicted octanol–water partition coefficient (Wildman–Crippen LogP) is 5.53. The molecule has 1 aromatic heterocycles. The average molecular weight is 340 g/mol. The first-order valence-corrected chi connectivity index (χ1v) is 7.36. The summed E-state index contributed by atoms with van der Waals surface area (Å²) in [6, 6.07) is 22.4. The third-order valence-corrected chi connectivity index (χ3v) is 3.74. The van der Waals surface area contributed by atoms with E-state index in [1.165, 1.54) is 12.1 Å². The predicted molar refractivity (Wildman–Crippen MR) is 98.5 cm³/mol. The normalized spacial score (nSPS) is 10.4. The molecule has 5 heteroatoms. The van der Waals surface area contributed by atoms with Gasteiger partial charge in [-0.05, 0) is 42.5 Å². The highest BCUT2D eigenvalue weighted by molar-refractivity contribution is 5.94. The number of aromatic nitrogens is 2. The van der Waals surface area contributed by atoms with Crippen molar-refractivity contribution >= 4 is 34.7 Å². The number of rotatable bonds is 3. The summed E-state index contributed by atoms with van der Waals surface area (Å²) in [5, 5.41) is 11.8. The summed E-state index contributed by atoms with van der Waals surface area (Å²) in [4.78, 5) is 0. The topological polar surface area (TPSA) is 40.7 Å². The molecule has 2 N–H and O–H groups in total. The molecule has 0 bridgehead atoms. The van der Waals surface area contributed by atoms with E-state index in [0.717, 1.165) is 33.5 Å². The SMILES string of the molecule is Cl.Fc1ccc(Nc2ccc3c(-c4ccccc4)n[nH]c3c2)cc1. The van der Waals surface area contributed by atoms with Crippen LogP contribution in [0.2, 0.25) is 0 Å². The standard InChI is InChI=1S/C19H14FN3.ClH/c20-14-6-8-15(9-7-14)21-16-10-11-17-18(12-16)22-23-19(17)13-4-2-1-3-5-13;/h1-12,21H,(H,22,23);1H. The molecule has 0 aliphatic carbocycles. The zero-order valence-corrected chi connectivity index (χ0v) is 13.5. The fourth-order valence-corrected chi connectivity index (χ4v) is 2.61. The van der Waals surface area contributed by atoms with Crippen LogP contribution in [-0.2, 0) is 0 Å². The third kappa shape index (κ3) is 3.09. The zero-order valence-electron chi connectivity index (χ0n) is 12.7. The van der Waals surface area contributed by atoms with E-state index < -0.39 is 0 Å². The molecule has 0 unspecified atom stereocenters. The summed E-state index contributed by atoms with van der Waals surface area (Å²) in [5.74, 6) is -0.243. The lowest BCUT2D eigenvalue weighted by Crippen LogP contribution is -1.90. The first kappa shape index (κ1) is 16.0. The number of halogens is 2. The van der Waals surface area contributed by atoms with Gasteiger partial charge >= 0.3 is 0 Å². The van der Waals surface area contributed by atoms with Crippen molar-refractivity contribution in [3.63, 3.8) is 0 Å². The van der Waals surface area contributed by atoms with E-state index in [9.17, 15) is 4.39 Å². The Bertz CT molecular complexity index is 949. The van der Waals surface area contributed by atoms with E-state index in [0.29, 0.717) is 0 Å². The number of hydrogen-bond acceptors (Lipinski definition) is 2. The van der Waals surface area contributed by atoms with Gasteiger partial charge in [0.05, 0.1) is 11.2 Å². The number of anilines is 2. The fraction of sp³-hybridized carbons (Fsp3) is 0. The molecule has 120 valence electrons. The smallest absolute Gasteiger partial charge is 0.123 e. The molecule has 0 saturated heterocycles. The summed E-state index contributed by atoms with van der Waals surface area (Å²) >= 11 is 0. The molecule has 24 heavy (non-hydrogen) atoms. The third-order valence-electron chi connectivity index (χ3n) is 3.74. The van der Waals surface area contributed by atoms with Gasteiger partial charge in [-0.15, -0.1) is 12.4 Å². The highest BCUT2D eigenvalue weighted by Gasteiger charge is 2.08. The van der Waals surface area contributed by atoms with Crippen molar-refractivity contribution in [2.45, 2.75) is 0 Å². The van der Waals surface area contributed by atoms with Crippen molar-refractivity contribution < 1.29 is 4.39 Å². The van der Waals surface area contributed by atoms with Crippen molar-refractivity contribution in [1.29, 1.82) is 0 Å². The largest absolute Gasteiger partial charge is 0.355 e. The van der Waals surface area contributed by atoms with E-state index in [4.69, 9.17) is 0 Å². The monoisotopic (exact) mass is 339 g/mol. The lowest BCUT2D eigenvalue weighted by molar-refractivity contribution is 0.628. The van der Waals surface area contributed by atoms with E-state index in [2.05, 4.69) is 15.5 Å². The summed E-state index contributed by atoms with van der Waals surface area (Å²) in [7, 11) is 0. The molecule has 0 saturated carbocycles. The summed E-state index contributed by atoms with van der Waals surface area (Å²) in [6.45, 7) is 0. The van der Waals surface area contributed by atoms with Crippen LogP contribution in [-0.4, -0.2) is 10.2 Å². The second-order valence-corrected chi connectivity index (χ2v) is 5.33. The number of aromatic amines is 1. The quantitative estimate of drug-likeness (QED) is 0.515. The molecule has 4 aromatic rings. The molecular formula is C19H15ClFN3. The lowest BCUT2D eigenvalue weighted by Gasteiger charge is -2.06. The van der Waals surface area contributed by atoms with Gasteiger partial charge in [-0.1, -0.05) is 30.3 Å². The van der Waals surface area contributed by atoms with Gasteiger partial charge in [-0.3, -0.25) is 5.10 Å². The molecule has 3 aromatic carbocycles. The highest BCUT2D eigenvalue weighted by Crippen LogP contribution is 2.28. The molecule has 0 amide bonds. The van der Waals surface area contributed by atoms with Crippen LogP contribution in [0.3, 0.4) is 0 Å². The second-order valence-electron chi connectivity index (χ2n) is 5.33. The maximum Gasteiger partial charge on any atom is 0.123 e. The fourth-order valence-electron chi connectivity index (χ4n) is 2.61. The Hall–Kier alpha value is -2.85. The molecule has 1 heterocycles. The van der Waals surface area contributed by atoms with E-state index in [1.807, 2.05) is 48.5 Å². The first-order valence-electron chi connectivity index (χ1n) is 7.36. The van der Waals surface area contributed by atoms with Crippen molar-refractivity contribution in [3.05, 3.63) is 78.6 Å². The number of hydrogen-bond donors (Lipinski definition) is 2. The number of nitrogens with zero attached hydrogens (tertiary/aromatic N) is 1. The molecule has 4 rings (SSSR count). The Morgan fingerprint density at radius 2 is 1.54 bits per heavy atom. The highest BCUT2D eigenvalue weighted by atomic mass is 35.5. The van der Waals surface area contributed by atoms with Crippen LogP contribution in [0.1, 0.15) is 0 Å². The Kier molecular flexibility index (Phi) is 4.49. The van der Waals surface area contributed by atoms with Gasteiger partial charge in [0.15, 0.2) is 0 Å². The second kappa shape index (κ2) is 6.72. The summed E-state index contributed by atoms with van der Waals surface area (Å²) in [6.07, 6.45) is 0. The van der Waals surface area contributed by atoms with Crippen molar-refractivity contribution in [2.75, 3.05) is 5.32 Å². The van der Waals surface area contributed by atoms with Crippen LogP contribution in [0.15, 0.2) is 72.8 Å². The maximum absolute atomic E-state index is 13.0. The lowest BCUT2D eigenvalue weighted by atomic mass is 10.1. The minimum atomic E-state index is -0.243. The number of fused-ring (bicyclic) bond motifs is 1. The molecule has 0 fully saturated rings. The Morgan fingerprint density at radius 3 is 2.29 bits per heavy atom. The zero-order chi connectivity index (χ0) is 15.6. The summed E-state index contributed by atoms with van der Waals surface area (Å²) in [5.41, 5.74) is 4.74. The van der Waals surface area contributed by atoms with Gasteiger partial charge in [-0.2, -0.15) is 5.10 Å². The van der Waals surface area contributed by atoms with Crippen molar-refractivity contribution in [2.24, 2.45) is 0 Å². The van der Waals surface area contributed by atoms with Gasteiger partial charge < -0.3 is 5.32 Å². The van der Waals surface area contributed by atoms with Gasteiger partial charge in [-0.25, -0.2) is 4.39 Å².